The highest BCUT2D eigenvalue weighted by Gasteiger charge is 2.30. The van der Waals surface area contributed by atoms with Crippen molar-refractivity contribution >= 4 is 66.1 Å². The van der Waals surface area contributed by atoms with E-state index in [1.54, 1.807) is 0 Å². The highest BCUT2D eigenvalue weighted by atomic mass is 28.3. The van der Waals surface area contributed by atoms with Crippen molar-refractivity contribution in [2.24, 2.45) is 5.92 Å². The SMILES string of the molecule is CC1C2=C/C=C3\C/C(=C\C=C/1Oc1cc(N(c4ccccc4)c4ccc([Si](C)(C)C)cc4)ccc12)c1ccc(N(c2ccc([Si](C)(C)C)cc2)C2C=CC=CC2)cc1O3. The minimum absolute atomic E-state index is 0.0700. The predicted molar refractivity (Wildman–Crippen MR) is 256 cm³/mol. The molecule has 4 bridgehead atoms. The number of anilines is 5. The Balaban J connectivity index is 1.07. The van der Waals surface area contributed by atoms with Crippen molar-refractivity contribution in [3.63, 3.8) is 0 Å². The predicted octanol–water partition coefficient (Wildman–Crippen LogP) is 13.3. The number of hydrogen-bond acceptors (Lipinski definition) is 4. The third-order valence-corrected chi connectivity index (χ3v) is 16.2. The summed E-state index contributed by atoms with van der Waals surface area (Å²) in [6, 6.07) is 42.6. The van der Waals surface area contributed by atoms with Gasteiger partial charge in [0.05, 0.1) is 22.2 Å². The van der Waals surface area contributed by atoms with Gasteiger partial charge in [-0.1, -0.05) is 135 Å². The zero-order valence-corrected chi connectivity index (χ0v) is 37.4. The highest BCUT2D eigenvalue weighted by molar-refractivity contribution is 6.89. The van der Waals surface area contributed by atoms with E-state index in [0.717, 1.165) is 63.3 Å². The van der Waals surface area contributed by atoms with Gasteiger partial charge in [0.1, 0.15) is 23.0 Å². The van der Waals surface area contributed by atoms with E-state index in [0.29, 0.717) is 6.42 Å². The number of fused-ring (bicyclic) bond motifs is 8. The van der Waals surface area contributed by atoms with Crippen LogP contribution in [0.4, 0.5) is 28.4 Å². The summed E-state index contributed by atoms with van der Waals surface area (Å²) in [4.78, 5) is 4.78. The molecule has 2 heterocycles. The van der Waals surface area contributed by atoms with Crippen molar-refractivity contribution in [1.82, 2.24) is 0 Å². The maximum Gasteiger partial charge on any atom is 0.136 e. The fourth-order valence-corrected chi connectivity index (χ4v) is 10.9. The fourth-order valence-electron chi connectivity index (χ4n) is 8.61. The van der Waals surface area contributed by atoms with Crippen LogP contribution in [0.15, 0.2) is 175 Å². The molecule has 0 amide bonds. The van der Waals surface area contributed by atoms with Gasteiger partial charge >= 0.3 is 0 Å². The van der Waals surface area contributed by atoms with E-state index in [1.165, 1.54) is 27.2 Å². The Morgan fingerprint density at radius 1 is 0.559 bits per heavy atom. The lowest BCUT2D eigenvalue weighted by Gasteiger charge is -2.34. The minimum Gasteiger partial charge on any atom is -0.461 e. The van der Waals surface area contributed by atoms with Crippen LogP contribution >= 0.6 is 0 Å². The van der Waals surface area contributed by atoms with Gasteiger partial charge < -0.3 is 19.3 Å². The van der Waals surface area contributed by atoms with Crippen LogP contribution in [-0.4, -0.2) is 22.2 Å². The summed E-state index contributed by atoms with van der Waals surface area (Å²) in [6.07, 6.45) is 19.4. The summed E-state index contributed by atoms with van der Waals surface area (Å²) in [5.74, 6) is 3.68. The van der Waals surface area contributed by atoms with E-state index < -0.39 is 16.1 Å². The smallest absolute Gasteiger partial charge is 0.136 e. The Kier molecular flexibility index (Phi) is 10.1. The van der Waals surface area contributed by atoms with E-state index in [-0.39, 0.29) is 12.0 Å². The molecule has 5 aromatic carbocycles. The topological polar surface area (TPSA) is 24.9 Å². The molecule has 4 nitrogen and oxygen atoms in total. The molecule has 0 aromatic heterocycles. The van der Waals surface area contributed by atoms with Crippen molar-refractivity contribution in [2.45, 2.75) is 65.1 Å². The van der Waals surface area contributed by atoms with Gasteiger partial charge in [-0.25, -0.2) is 0 Å². The Bertz CT molecular complexity index is 2580. The third kappa shape index (κ3) is 7.75. The van der Waals surface area contributed by atoms with Crippen LogP contribution in [0, 0.1) is 5.92 Å². The normalized spacial score (nSPS) is 20.8. The van der Waals surface area contributed by atoms with Crippen molar-refractivity contribution in [3.05, 3.63) is 187 Å². The van der Waals surface area contributed by atoms with Crippen molar-refractivity contribution in [1.29, 1.82) is 0 Å². The van der Waals surface area contributed by atoms with Crippen LogP contribution in [0.1, 0.15) is 30.9 Å². The second kappa shape index (κ2) is 15.4. The zero-order valence-electron chi connectivity index (χ0n) is 35.4. The van der Waals surface area contributed by atoms with E-state index in [1.807, 2.05) is 0 Å². The molecule has 2 unspecified atom stereocenters. The number of hydrogen-bond donors (Lipinski definition) is 0. The average Bonchev–Trinajstić information content (AvgIpc) is 3.23. The molecule has 0 spiro atoms. The van der Waals surface area contributed by atoms with Crippen LogP contribution in [0.25, 0.3) is 11.1 Å². The Hall–Kier alpha value is -5.83. The molecular weight excluding hydrogens is 753 g/mol. The van der Waals surface area contributed by atoms with Crippen LogP contribution in [0.3, 0.4) is 0 Å². The molecule has 59 heavy (non-hydrogen) atoms. The van der Waals surface area contributed by atoms with Gasteiger partial charge in [-0.15, -0.1) is 0 Å². The summed E-state index contributed by atoms with van der Waals surface area (Å²) >= 11 is 0. The van der Waals surface area contributed by atoms with Gasteiger partial charge in [0.25, 0.3) is 0 Å². The van der Waals surface area contributed by atoms with E-state index in [4.69, 9.17) is 9.47 Å². The molecule has 296 valence electrons. The molecule has 0 N–H and O–H groups in total. The first-order chi connectivity index (χ1) is 28.4. The summed E-state index contributed by atoms with van der Waals surface area (Å²) < 4.78 is 13.7. The van der Waals surface area contributed by atoms with E-state index >= 15 is 0 Å². The molecule has 0 fully saturated rings. The number of ether oxygens (including phenoxy) is 2. The number of rotatable bonds is 8. The number of para-hydroxylation sites is 1. The van der Waals surface area contributed by atoms with Crippen molar-refractivity contribution < 1.29 is 9.47 Å². The summed E-state index contributed by atoms with van der Waals surface area (Å²) in [5.41, 5.74) is 10.2. The summed E-state index contributed by atoms with van der Waals surface area (Å²) in [6.45, 7) is 16.6. The number of benzene rings is 5. The largest absolute Gasteiger partial charge is 0.461 e. The molecule has 0 saturated heterocycles. The quantitative estimate of drug-likeness (QED) is 0.146. The fraction of sp³-hybridized carbons (Fsp3) is 0.208. The van der Waals surface area contributed by atoms with Gasteiger partial charge in [0, 0.05) is 64.0 Å². The first-order valence-corrected chi connectivity index (χ1v) is 28.1. The lowest BCUT2D eigenvalue weighted by atomic mass is 9.87. The molecule has 6 heteroatoms. The summed E-state index contributed by atoms with van der Waals surface area (Å²) in [7, 11) is -2.87. The highest BCUT2D eigenvalue weighted by Crippen LogP contribution is 2.47. The molecule has 0 radical (unpaired) electrons. The Morgan fingerprint density at radius 2 is 1.17 bits per heavy atom. The Morgan fingerprint density at radius 3 is 1.85 bits per heavy atom. The molecule has 4 aliphatic rings. The van der Waals surface area contributed by atoms with Crippen LogP contribution in [0.2, 0.25) is 39.3 Å². The Labute approximate surface area is 352 Å². The maximum atomic E-state index is 6.88. The molecule has 2 atom stereocenters. The van der Waals surface area contributed by atoms with Crippen LogP contribution < -0.4 is 29.6 Å². The van der Waals surface area contributed by atoms with Crippen molar-refractivity contribution in [2.75, 3.05) is 9.80 Å². The maximum absolute atomic E-state index is 6.88. The van der Waals surface area contributed by atoms with Gasteiger partial charge in [0.2, 0.25) is 0 Å². The average molecular weight is 807 g/mol. The second-order valence-electron chi connectivity index (χ2n) is 18.2. The number of nitrogens with zero attached hydrogens (tertiary/aromatic N) is 2. The van der Waals surface area contributed by atoms with Gasteiger partial charge in [-0.3, -0.25) is 0 Å². The third-order valence-electron chi connectivity index (χ3n) is 12.1. The molecule has 2 aliphatic heterocycles. The lowest BCUT2D eigenvalue weighted by molar-refractivity contribution is 0.371. The van der Waals surface area contributed by atoms with E-state index in [9.17, 15) is 0 Å². The first kappa shape index (κ1) is 38.7. The molecule has 5 aromatic rings. The van der Waals surface area contributed by atoms with E-state index in [2.05, 4.69) is 220 Å². The molecular formula is C53H54N2O2Si2. The van der Waals surface area contributed by atoms with Gasteiger partial charge in [-0.05, 0) is 90.4 Å². The van der Waals surface area contributed by atoms with Gasteiger partial charge in [-0.2, -0.15) is 0 Å². The van der Waals surface area contributed by atoms with Gasteiger partial charge in [0.15, 0.2) is 0 Å². The van der Waals surface area contributed by atoms with Crippen LogP contribution in [-0.2, 0) is 0 Å². The van der Waals surface area contributed by atoms with Crippen molar-refractivity contribution in [3.8, 4) is 11.5 Å². The first-order valence-electron chi connectivity index (χ1n) is 21.1. The standard InChI is InChI=1S/C53H54N2O2Si2/c1-37-48-32-25-45-34-38(49-30-23-43(35-52(49)56-45)54(39-14-10-8-11-15-39)41-19-26-46(27-20-41)58(2,3)4)18-33-51(37)57-53-36-44(24-31-50(48)53)55(40-16-12-9-13-17-40)42-21-28-47(29-22-42)59(5,6)7/h8-14,16-33,35-37,39H,15,34H2,1-7H3/b38-18+,45-25+,48-32?,51-33+. The summed E-state index contributed by atoms with van der Waals surface area (Å²) in [5, 5.41) is 2.91. The molecule has 9 rings (SSSR count). The monoisotopic (exact) mass is 806 g/mol. The molecule has 0 saturated carbocycles. The number of allylic oxidation sites excluding steroid dienone is 8. The zero-order chi connectivity index (χ0) is 40.9. The minimum atomic E-state index is -1.44. The second-order valence-corrected chi connectivity index (χ2v) is 28.4. The lowest BCUT2D eigenvalue weighted by Crippen LogP contribution is -2.37. The van der Waals surface area contributed by atoms with Crippen LogP contribution in [0.5, 0.6) is 11.5 Å². The molecule has 2 aliphatic carbocycles.